The molecule has 2 rings (SSSR count). The van der Waals surface area contributed by atoms with Crippen molar-refractivity contribution in [2.45, 2.75) is 32.7 Å². The lowest BCUT2D eigenvalue weighted by Gasteiger charge is -2.24. The lowest BCUT2D eigenvalue weighted by atomic mass is 10.0. The monoisotopic (exact) mass is 383 g/mol. The van der Waals surface area contributed by atoms with Crippen molar-refractivity contribution < 1.29 is 23.9 Å². The van der Waals surface area contributed by atoms with Crippen LogP contribution in [0.5, 0.6) is 5.75 Å². The van der Waals surface area contributed by atoms with Gasteiger partial charge < -0.3 is 14.8 Å². The van der Waals surface area contributed by atoms with Crippen LogP contribution in [-0.4, -0.2) is 36.4 Å². The van der Waals surface area contributed by atoms with Gasteiger partial charge in [0.1, 0.15) is 5.75 Å². The number of carbonyl (C=O) groups excluding carboxylic acids is 3. The quantitative estimate of drug-likeness (QED) is 0.531. The summed E-state index contributed by atoms with van der Waals surface area (Å²) in [6, 6.07) is 15.5. The van der Waals surface area contributed by atoms with E-state index in [1.165, 1.54) is 0 Å². The van der Waals surface area contributed by atoms with Crippen LogP contribution in [0.25, 0.3) is 0 Å². The van der Waals surface area contributed by atoms with Crippen LogP contribution in [0.2, 0.25) is 0 Å². The van der Waals surface area contributed by atoms with Gasteiger partial charge in [0.05, 0.1) is 0 Å². The summed E-state index contributed by atoms with van der Waals surface area (Å²) in [5.74, 6) is -0.663. The zero-order valence-corrected chi connectivity index (χ0v) is 16.4. The largest absolute Gasteiger partial charge is 0.482 e. The number of rotatable bonds is 9. The van der Waals surface area contributed by atoms with E-state index >= 15 is 0 Å². The summed E-state index contributed by atoms with van der Waals surface area (Å²) < 4.78 is 10.3. The molecule has 0 spiro atoms. The lowest BCUT2D eigenvalue weighted by molar-refractivity contribution is -0.150. The van der Waals surface area contributed by atoms with E-state index in [4.69, 9.17) is 9.47 Å². The van der Waals surface area contributed by atoms with E-state index in [1.807, 2.05) is 26.8 Å². The smallest absolute Gasteiger partial charge is 0.344 e. The fourth-order valence-corrected chi connectivity index (χ4v) is 2.29. The van der Waals surface area contributed by atoms with Gasteiger partial charge in [0, 0.05) is 16.7 Å². The molecule has 0 heterocycles. The Bertz CT molecular complexity index is 813. The van der Waals surface area contributed by atoms with Crippen molar-refractivity contribution in [3.05, 3.63) is 65.7 Å². The van der Waals surface area contributed by atoms with E-state index in [9.17, 15) is 14.4 Å². The predicted molar refractivity (Wildman–Crippen MR) is 105 cm³/mol. The molecule has 6 nitrogen and oxygen atoms in total. The van der Waals surface area contributed by atoms with Crippen molar-refractivity contribution in [3.63, 3.8) is 0 Å². The van der Waals surface area contributed by atoms with Gasteiger partial charge in [0.15, 0.2) is 19.0 Å². The summed E-state index contributed by atoms with van der Waals surface area (Å²) in [6.07, 6.45) is 0.762. The van der Waals surface area contributed by atoms with Crippen molar-refractivity contribution in [2.24, 2.45) is 0 Å². The first-order valence-corrected chi connectivity index (χ1v) is 9.10. The molecule has 1 amide bonds. The predicted octanol–water partition coefficient (Wildman–Crippen LogP) is 3.14. The highest BCUT2D eigenvalue weighted by molar-refractivity contribution is 6.08. The molecule has 0 aliphatic carbocycles. The summed E-state index contributed by atoms with van der Waals surface area (Å²) in [5, 5.41) is 2.78. The third-order valence-corrected chi connectivity index (χ3v) is 4.24. The average Bonchev–Trinajstić information content (AvgIpc) is 2.71. The maximum Gasteiger partial charge on any atom is 0.344 e. The SMILES string of the molecule is CCC(C)(C)NC(=O)COC(=O)COc1ccc(C(=O)c2ccccc2)cc1. The molecule has 2 aromatic rings. The van der Waals surface area contributed by atoms with Crippen LogP contribution >= 0.6 is 0 Å². The Kier molecular flexibility index (Phi) is 7.32. The van der Waals surface area contributed by atoms with Gasteiger partial charge >= 0.3 is 5.97 Å². The number of carbonyl (C=O) groups is 3. The molecule has 0 unspecified atom stereocenters. The number of ketones is 1. The molecule has 0 aliphatic rings. The molecule has 2 aromatic carbocycles. The zero-order chi connectivity index (χ0) is 20.6. The minimum absolute atomic E-state index is 0.0902. The fourth-order valence-electron chi connectivity index (χ4n) is 2.29. The summed E-state index contributed by atoms with van der Waals surface area (Å²) in [7, 11) is 0. The molecular formula is C22H25NO5. The molecule has 0 atom stereocenters. The first-order chi connectivity index (χ1) is 13.3. The number of hydrogen-bond acceptors (Lipinski definition) is 5. The van der Waals surface area contributed by atoms with Gasteiger partial charge in [-0.1, -0.05) is 37.3 Å². The van der Waals surface area contributed by atoms with Gasteiger partial charge in [0.2, 0.25) is 0 Å². The summed E-state index contributed by atoms with van der Waals surface area (Å²) >= 11 is 0. The fraction of sp³-hybridized carbons (Fsp3) is 0.318. The molecule has 148 valence electrons. The normalized spacial score (nSPS) is 10.8. The second-order valence-electron chi connectivity index (χ2n) is 6.95. The molecule has 0 saturated heterocycles. The van der Waals surface area contributed by atoms with Crippen LogP contribution < -0.4 is 10.1 Å². The third-order valence-electron chi connectivity index (χ3n) is 4.24. The van der Waals surface area contributed by atoms with Gasteiger partial charge in [-0.25, -0.2) is 4.79 Å². The third kappa shape index (κ3) is 6.54. The van der Waals surface area contributed by atoms with Crippen molar-refractivity contribution in [2.75, 3.05) is 13.2 Å². The molecule has 0 bridgehead atoms. The number of esters is 1. The first-order valence-electron chi connectivity index (χ1n) is 9.10. The Morgan fingerprint density at radius 3 is 2.11 bits per heavy atom. The highest BCUT2D eigenvalue weighted by Gasteiger charge is 2.18. The topological polar surface area (TPSA) is 81.7 Å². The Morgan fingerprint density at radius 2 is 1.50 bits per heavy atom. The van der Waals surface area contributed by atoms with Crippen LogP contribution in [0.15, 0.2) is 54.6 Å². The van der Waals surface area contributed by atoms with Crippen molar-refractivity contribution in [1.29, 1.82) is 0 Å². The van der Waals surface area contributed by atoms with E-state index in [0.29, 0.717) is 16.9 Å². The Balaban J connectivity index is 1.79. The van der Waals surface area contributed by atoms with Gasteiger partial charge in [-0.15, -0.1) is 0 Å². The second kappa shape index (κ2) is 9.69. The number of ether oxygens (including phenoxy) is 2. The van der Waals surface area contributed by atoms with E-state index in [-0.39, 0.29) is 30.4 Å². The van der Waals surface area contributed by atoms with Crippen LogP contribution in [0.1, 0.15) is 43.1 Å². The number of benzene rings is 2. The minimum atomic E-state index is -0.645. The Morgan fingerprint density at radius 1 is 0.893 bits per heavy atom. The summed E-state index contributed by atoms with van der Waals surface area (Å²) in [4.78, 5) is 35.8. The molecule has 0 radical (unpaired) electrons. The Labute approximate surface area is 164 Å². The molecule has 0 saturated carbocycles. The standard InChI is InChI=1S/C22H25NO5/c1-4-22(2,3)23-19(24)14-28-20(25)15-27-18-12-10-17(11-13-18)21(26)16-8-6-5-7-9-16/h5-13H,4,14-15H2,1-3H3,(H,23,24). The molecule has 28 heavy (non-hydrogen) atoms. The summed E-state index contributed by atoms with van der Waals surface area (Å²) in [5.41, 5.74) is 0.777. The van der Waals surface area contributed by atoms with Crippen LogP contribution in [0, 0.1) is 0 Å². The van der Waals surface area contributed by atoms with Gasteiger partial charge in [0.25, 0.3) is 5.91 Å². The van der Waals surface area contributed by atoms with Crippen LogP contribution in [-0.2, 0) is 14.3 Å². The maximum atomic E-state index is 12.3. The second-order valence-corrected chi connectivity index (χ2v) is 6.95. The maximum absolute atomic E-state index is 12.3. The van der Waals surface area contributed by atoms with E-state index in [2.05, 4.69) is 5.32 Å². The van der Waals surface area contributed by atoms with Crippen molar-refractivity contribution in [1.82, 2.24) is 5.32 Å². The number of hydrogen-bond donors (Lipinski definition) is 1. The Hall–Kier alpha value is -3.15. The highest BCUT2D eigenvalue weighted by Crippen LogP contribution is 2.15. The summed E-state index contributed by atoms with van der Waals surface area (Å²) in [6.45, 7) is 5.06. The molecule has 6 heteroatoms. The molecule has 0 aliphatic heterocycles. The molecule has 0 fully saturated rings. The van der Waals surface area contributed by atoms with Crippen LogP contribution in [0.4, 0.5) is 0 Å². The first kappa shape index (κ1) is 21.2. The van der Waals surface area contributed by atoms with E-state index in [0.717, 1.165) is 6.42 Å². The zero-order valence-electron chi connectivity index (χ0n) is 16.4. The molecule has 0 aromatic heterocycles. The lowest BCUT2D eigenvalue weighted by Crippen LogP contribution is -2.44. The van der Waals surface area contributed by atoms with Gasteiger partial charge in [-0.2, -0.15) is 0 Å². The minimum Gasteiger partial charge on any atom is -0.482 e. The van der Waals surface area contributed by atoms with Crippen LogP contribution in [0.3, 0.4) is 0 Å². The van der Waals surface area contributed by atoms with Crippen molar-refractivity contribution in [3.8, 4) is 5.75 Å². The number of nitrogens with one attached hydrogen (secondary N) is 1. The average molecular weight is 383 g/mol. The van der Waals surface area contributed by atoms with Gasteiger partial charge in [-0.3, -0.25) is 9.59 Å². The molecular weight excluding hydrogens is 358 g/mol. The number of amides is 1. The highest BCUT2D eigenvalue weighted by atomic mass is 16.6. The van der Waals surface area contributed by atoms with E-state index < -0.39 is 5.97 Å². The molecule has 1 N–H and O–H groups in total. The van der Waals surface area contributed by atoms with Gasteiger partial charge in [-0.05, 0) is 44.5 Å². The van der Waals surface area contributed by atoms with Crippen molar-refractivity contribution >= 4 is 17.7 Å². The van der Waals surface area contributed by atoms with E-state index in [1.54, 1.807) is 48.5 Å².